The summed E-state index contributed by atoms with van der Waals surface area (Å²) in [5, 5.41) is 9.36. The number of imidazole rings is 1. The van der Waals surface area contributed by atoms with Gasteiger partial charge in [-0.3, -0.25) is 0 Å². The summed E-state index contributed by atoms with van der Waals surface area (Å²) in [6, 6.07) is 6.06. The van der Waals surface area contributed by atoms with E-state index < -0.39 is 0 Å². The van der Waals surface area contributed by atoms with E-state index in [1.807, 2.05) is 10.8 Å². The molecule has 0 radical (unpaired) electrons. The molecule has 0 bridgehead atoms. The molecule has 1 aliphatic rings. The van der Waals surface area contributed by atoms with Crippen LogP contribution in [0, 0.1) is 0 Å². The van der Waals surface area contributed by atoms with E-state index in [2.05, 4.69) is 38.1 Å². The van der Waals surface area contributed by atoms with Crippen LogP contribution in [0.2, 0.25) is 0 Å². The van der Waals surface area contributed by atoms with Gasteiger partial charge >= 0.3 is 6.01 Å². The van der Waals surface area contributed by atoms with Crippen molar-refractivity contribution in [3.63, 3.8) is 0 Å². The van der Waals surface area contributed by atoms with Crippen molar-refractivity contribution in [1.82, 2.24) is 19.5 Å². The van der Waals surface area contributed by atoms with E-state index in [1.165, 1.54) is 0 Å². The van der Waals surface area contributed by atoms with Crippen LogP contribution < -0.4 is 4.90 Å². The van der Waals surface area contributed by atoms with Gasteiger partial charge in [-0.15, -0.1) is 0 Å². The number of morpholine rings is 1. The Balaban J connectivity index is 1.81. The van der Waals surface area contributed by atoms with E-state index in [9.17, 15) is 5.11 Å². The molecule has 24 heavy (non-hydrogen) atoms. The molecule has 1 saturated heterocycles. The first-order valence-electron chi connectivity index (χ1n) is 7.78. The standard InChI is InChI=1S/C17H17N5O2/c23-17-19-10-13(11-20-17)15-9-14(21-5-7-24-8-6-21)1-2-16(15)22-4-3-18-12-22/h1-4,9-12H,5-8H2,(H,19,20,23). The summed E-state index contributed by atoms with van der Waals surface area (Å²) in [6.45, 7) is 3.22. The van der Waals surface area contributed by atoms with Gasteiger partial charge in [0.15, 0.2) is 0 Å². The quantitative estimate of drug-likeness (QED) is 0.793. The third-order valence-electron chi connectivity index (χ3n) is 4.09. The average molecular weight is 323 g/mol. The summed E-state index contributed by atoms with van der Waals surface area (Å²) in [5.41, 5.74) is 3.94. The molecule has 0 amide bonds. The molecule has 1 fully saturated rings. The summed E-state index contributed by atoms with van der Waals surface area (Å²) in [7, 11) is 0. The lowest BCUT2D eigenvalue weighted by Crippen LogP contribution is -2.36. The van der Waals surface area contributed by atoms with Gasteiger partial charge in [0.2, 0.25) is 0 Å². The number of ether oxygens (including phenoxy) is 1. The van der Waals surface area contributed by atoms with Crippen LogP contribution in [0.4, 0.5) is 5.69 Å². The van der Waals surface area contributed by atoms with E-state index in [0.29, 0.717) is 0 Å². The van der Waals surface area contributed by atoms with Crippen molar-refractivity contribution < 1.29 is 9.84 Å². The number of nitrogens with zero attached hydrogens (tertiary/aromatic N) is 5. The highest BCUT2D eigenvalue weighted by Gasteiger charge is 2.15. The second kappa shape index (κ2) is 6.29. The number of benzene rings is 1. The van der Waals surface area contributed by atoms with Crippen molar-refractivity contribution >= 4 is 5.69 Å². The molecule has 0 spiro atoms. The van der Waals surface area contributed by atoms with Gasteiger partial charge in [0, 0.05) is 54.7 Å². The Hall–Kier alpha value is -2.93. The van der Waals surface area contributed by atoms with Crippen LogP contribution in [-0.4, -0.2) is 50.9 Å². The fourth-order valence-corrected chi connectivity index (χ4v) is 2.86. The van der Waals surface area contributed by atoms with Crippen molar-refractivity contribution in [1.29, 1.82) is 0 Å². The molecule has 0 unspecified atom stereocenters. The molecule has 3 aromatic rings. The molecular weight excluding hydrogens is 306 g/mol. The van der Waals surface area contributed by atoms with Crippen molar-refractivity contribution in [2.45, 2.75) is 0 Å². The van der Waals surface area contributed by atoms with Crippen molar-refractivity contribution in [3.05, 3.63) is 49.3 Å². The van der Waals surface area contributed by atoms with Crippen LogP contribution in [0.5, 0.6) is 6.01 Å². The monoisotopic (exact) mass is 323 g/mol. The maximum Gasteiger partial charge on any atom is 0.313 e. The lowest BCUT2D eigenvalue weighted by molar-refractivity contribution is 0.122. The van der Waals surface area contributed by atoms with E-state index >= 15 is 0 Å². The largest absolute Gasteiger partial charge is 0.479 e. The number of hydrogen-bond donors (Lipinski definition) is 1. The van der Waals surface area contributed by atoms with Crippen molar-refractivity contribution in [2.24, 2.45) is 0 Å². The van der Waals surface area contributed by atoms with Crippen molar-refractivity contribution in [2.75, 3.05) is 31.2 Å². The molecule has 3 heterocycles. The first-order chi connectivity index (χ1) is 11.8. The average Bonchev–Trinajstić information content (AvgIpc) is 3.17. The predicted octanol–water partition coefficient (Wildman–Crippen LogP) is 1.87. The smallest absolute Gasteiger partial charge is 0.313 e. The summed E-state index contributed by atoms with van der Waals surface area (Å²) >= 11 is 0. The highest BCUT2D eigenvalue weighted by atomic mass is 16.5. The molecule has 0 aliphatic carbocycles. The van der Waals surface area contributed by atoms with Gasteiger partial charge in [-0.2, -0.15) is 0 Å². The van der Waals surface area contributed by atoms with E-state index in [0.717, 1.165) is 48.8 Å². The SMILES string of the molecule is Oc1ncc(-c2cc(N3CCOCC3)ccc2-n2ccnc2)cn1. The van der Waals surface area contributed by atoms with E-state index in [1.54, 1.807) is 24.9 Å². The Morgan fingerprint density at radius 3 is 2.58 bits per heavy atom. The minimum atomic E-state index is -0.229. The van der Waals surface area contributed by atoms with Crippen LogP contribution in [0.15, 0.2) is 49.3 Å². The Labute approximate surface area is 139 Å². The van der Waals surface area contributed by atoms with Gasteiger partial charge in [0.25, 0.3) is 0 Å². The minimum absolute atomic E-state index is 0.229. The molecule has 7 nitrogen and oxygen atoms in total. The molecule has 1 aliphatic heterocycles. The molecule has 1 aromatic carbocycles. The van der Waals surface area contributed by atoms with Crippen LogP contribution in [0.25, 0.3) is 16.8 Å². The zero-order valence-corrected chi connectivity index (χ0v) is 13.0. The molecule has 7 heteroatoms. The number of aromatic nitrogens is 4. The maximum absolute atomic E-state index is 9.36. The van der Waals surface area contributed by atoms with E-state index in [4.69, 9.17) is 4.74 Å². The van der Waals surface area contributed by atoms with Crippen LogP contribution >= 0.6 is 0 Å². The number of rotatable bonds is 3. The first-order valence-corrected chi connectivity index (χ1v) is 7.78. The summed E-state index contributed by atoms with van der Waals surface area (Å²) in [6.07, 6.45) is 8.65. The van der Waals surface area contributed by atoms with E-state index in [-0.39, 0.29) is 6.01 Å². The lowest BCUT2D eigenvalue weighted by Gasteiger charge is -2.29. The Kier molecular flexibility index (Phi) is 3.84. The van der Waals surface area contributed by atoms with Crippen LogP contribution in [-0.2, 0) is 4.74 Å². The Bertz CT molecular complexity index is 812. The Morgan fingerprint density at radius 2 is 1.88 bits per heavy atom. The number of anilines is 1. The summed E-state index contributed by atoms with van der Waals surface area (Å²) < 4.78 is 7.38. The molecule has 0 saturated carbocycles. The van der Waals surface area contributed by atoms with Gasteiger partial charge in [-0.25, -0.2) is 15.0 Å². The maximum atomic E-state index is 9.36. The summed E-state index contributed by atoms with van der Waals surface area (Å²) in [4.78, 5) is 14.2. The molecule has 1 N–H and O–H groups in total. The van der Waals surface area contributed by atoms with Crippen LogP contribution in [0.3, 0.4) is 0 Å². The fraction of sp³-hybridized carbons (Fsp3) is 0.235. The zero-order valence-electron chi connectivity index (χ0n) is 13.0. The summed E-state index contributed by atoms with van der Waals surface area (Å²) in [5.74, 6) is 0. The normalized spacial score (nSPS) is 14.8. The topological polar surface area (TPSA) is 76.3 Å². The molecule has 2 aromatic heterocycles. The second-order valence-electron chi connectivity index (χ2n) is 5.54. The molecule has 4 rings (SSSR count). The highest BCUT2D eigenvalue weighted by Crippen LogP contribution is 2.31. The number of aromatic hydroxyl groups is 1. The molecular formula is C17H17N5O2. The van der Waals surface area contributed by atoms with Gasteiger partial charge in [0.1, 0.15) is 0 Å². The molecule has 122 valence electrons. The van der Waals surface area contributed by atoms with Gasteiger partial charge in [0.05, 0.1) is 25.2 Å². The van der Waals surface area contributed by atoms with Gasteiger partial charge < -0.3 is 19.3 Å². The minimum Gasteiger partial charge on any atom is -0.479 e. The third kappa shape index (κ3) is 2.81. The Morgan fingerprint density at radius 1 is 1.08 bits per heavy atom. The molecule has 0 atom stereocenters. The first kappa shape index (κ1) is 14.6. The van der Waals surface area contributed by atoms with Gasteiger partial charge in [-0.05, 0) is 18.2 Å². The van der Waals surface area contributed by atoms with Gasteiger partial charge in [-0.1, -0.05) is 0 Å². The predicted molar refractivity (Wildman–Crippen MR) is 89.3 cm³/mol. The van der Waals surface area contributed by atoms with Crippen molar-refractivity contribution in [3.8, 4) is 22.8 Å². The zero-order chi connectivity index (χ0) is 16.4. The lowest BCUT2D eigenvalue weighted by atomic mass is 10.0. The third-order valence-corrected chi connectivity index (χ3v) is 4.09. The fourth-order valence-electron chi connectivity index (χ4n) is 2.86. The highest BCUT2D eigenvalue weighted by molar-refractivity contribution is 5.76. The number of hydrogen-bond acceptors (Lipinski definition) is 6. The van der Waals surface area contributed by atoms with Crippen LogP contribution in [0.1, 0.15) is 0 Å². The second-order valence-corrected chi connectivity index (χ2v) is 5.54.